The second-order valence-electron chi connectivity index (χ2n) is 6.59. The molecule has 0 radical (unpaired) electrons. The summed E-state index contributed by atoms with van der Waals surface area (Å²) in [4.78, 5) is 2.50. The Bertz CT molecular complexity index is 577. The summed E-state index contributed by atoms with van der Waals surface area (Å²) in [5.74, 6) is 0.505. The maximum Gasteiger partial charge on any atom is 0.215 e. The molecule has 0 spiro atoms. The highest BCUT2D eigenvalue weighted by Crippen LogP contribution is 2.22. The van der Waals surface area contributed by atoms with Crippen molar-refractivity contribution in [3.63, 3.8) is 0 Å². The van der Waals surface area contributed by atoms with Crippen molar-refractivity contribution in [2.75, 3.05) is 32.8 Å². The van der Waals surface area contributed by atoms with Crippen molar-refractivity contribution in [3.05, 3.63) is 35.9 Å². The molecule has 6 heteroatoms. The Balaban J connectivity index is 1.42. The number of ether oxygens (including phenoxy) is 1. The van der Waals surface area contributed by atoms with Crippen molar-refractivity contribution < 1.29 is 13.2 Å². The molecule has 0 bridgehead atoms. The van der Waals surface area contributed by atoms with E-state index >= 15 is 0 Å². The van der Waals surface area contributed by atoms with Gasteiger partial charge in [-0.15, -0.1) is 0 Å². The average Bonchev–Trinajstić information content (AvgIpc) is 3.09. The SMILES string of the molecule is O=S(=O)(Cc1ccccc1)NCC1CCN(C2CCOC2)CC1. The predicted molar refractivity (Wildman–Crippen MR) is 90.6 cm³/mol. The molecule has 3 rings (SSSR count). The fraction of sp³-hybridized carbons (Fsp3) is 0.647. The van der Waals surface area contributed by atoms with Gasteiger partial charge in [0.2, 0.25) is 10.0 Å². The normalized spacial score (nSPS) is 24.1. The highest BCUT2D eigenvalue weighted by molar-refractivity contribution is 7.88. The van der Waals surface area contributed by atoms with Gasteiger partial charge in [-0.05, 0) is 43.8 Å². The van der Waals surface area contributed by atoms with Crippen molar-refractivity contribution in [1.29, 1.82) is 0 Å². The number of likely N-dealkylation sites (tertiary alicyclic amines) is 1. The monoisotopic (exact) mass is 338 g/mol. The first-order valence-corrected chi connectivity index (χ1v) is 10.1. The molecular weight excluding hydrogens is 312 g/mol. The molecule has 0 amide bonds. The van der Waals surface area contributed by atoms with Crippen LogP contribution in [0.1, 0.15) is 24.8 Å². The number of rotatable bonds is 6. The van der Waals surface area contributed by atoms with Crippen molar-refractivity contribution in [3.8, 4) is 0 Å². The van der Waals surface area contributed by atoms with Crippen LogP contribution in [0.5, 0.6) is 0 Å². The van der Waals surface area contributed by atoms with Gasteiger partial charge in [-0.3, -0.25) is 4.90 Å². The van der Waals surface area contributed by atoms with Crippen LogP contribution in [-0.4, -0.2) is 52.2 Å². The minimum Gasteiger partial charge on any atom is -0.380 e. The number of benzene rings is 1. The second kappa shape index (κ2) is 7.75. The summed E-state index contributed by atoms with van der Waals surface area (Å²) in [6.45, 7) is 4.40. The molecule has 2 heterocycles. The summed E-state index contributed by atoms with van der Waals surface area (Å²) in [6.07, 6.45) is 3.25. The van der Waals surface area contributed by atoms with E-state index in [0.717, 1.165) is 51.1 Å². The van der Waals surface area contributed by atoms with Gasteiger partial charge in [0, 0.05) is 19.2 Å². The molecular formula is C17H26N2O3S. The number of hydrogen-bond donors (Lipinski definition) is 1. The Morgan fingerprint density at radius 2 is 1.87 bits per heavy atom. The molecule has 2 saturated heterocycles. The van der Waals surface area contributed by atoms with Crippen molar-refractivity contribution >= 4 is 10.0 Å². The van der Waals surface area contributed by atoms with Crippen LogP contribution in [0.15, 0.2) is 30.3 Å². The van der Waals surface area contributed by atoms with Gasteiger partial charge in [0.15, 0.2) is 0 Å². The van der Waals surface area contributed by atoms with Crippen LogP contribution in [0.3, 0.4) is 0 Å². The lowest BCUT2D eigenvalue weighted by Gasteiger charge is -2.35. The van der Waals surface area contributed by atoms with Crippen LogP contribution >= 0.6 is 0 Å². The van der Waals surface area contributed by atoms with E-state index in [9.17, 15) is 8.42 Å². The first-order chi connectivity index (χ1) is 11.1. The lowest BCUT2D eigenvalue weighted by Crippen LogP contribution is -2.44. The van der Waals surface area contributed by atoms with Gasteiger partial charge in [0.1, 0.15) is 0 Å². The summed E-state index contributed by atoms with van der Waals surface area (Å²) < 4.78 is 32.6. The average molecular weight is 338 g/mol. The number of piperidine rings is 1. The number of sulfonamides is 1. The minimum atomic E-state index is -3.25. The molecule has 2 aliphatic rings. The van der Waals surface area contributed by atoms with E-state index in [-0.39, 0.29) is 5.75 Å². The molecule has 1 unspecified atom stereocenters. The fourth-order valence-electron chi connectivity index (χ4n) is 3.42. The molecule has 2 fully saturated rings. The predicted octanol–water partition coefficient (Wildman–Crippen LogP) is 1.61. The van der Waals surface area contributed by atoms with E-state index < -0.39 is 10.0 Å². The van der Waals surface area contributed by atoms with Crippen LogP contribution in [0.4, 0.5) is 0 Å². The summed E-state index contributed by atoms with van der Waals surface area (Å²) in [6, 6.07) is 9.90. The van der Waals surface area contributed by atoms with Crippen LogP contribution in [0.25, 0.3) is 0 Å². The van der Waals surface area contributed by atoms with Gasteiger partial charge in [0.25, 0.3) is 0 Å². The van der Waals surface area contributed by atoms with E-state index in [2.05, 4.69) is 9.62 Å². The summed E-state index contributed by atoms with van der Waals surface area (Å²) in [5.41, 5.74) is 0.830. The first-order valence-electron chi connectivity index (χ1n) is 8.45. The molecule has 128 valence electrons. The zero-order valence-electron chi connectivity index (χ0n) is 13.5. The van der Waals surface area contributed by atoms with Crippen molar-refractivity contribution in [2.45, 2.75) is 31.1 Å². The number of nitrogens with zero attached hydrogens (tertiary/aromatic N) is 1. The Morgan fingerprint density at radius 3 is 2.52 bits per heavy atom. The topological polar surface area (TPSA) is 58.6 Å². The number of hydrogen-bond acceptors (Lipinski definition) is 4. The Hall–Kier alpha value is -0.950. The van der Waals surface area contributed by atoms with E-state index in [4.69, 9.17) is 4.74 Å². The van der Waals surface area contributed by atoms with Gasteiger partial charge >= 0.3 is 0 Å². The molecule has 0 aromatic heterocycles. The standard InChI is InChI=1S/C17H26N2O3S/c20-23(21,14-16-4-2-1-3-5-16)18-12-15-6-9-19(10-7-15)17-8-11-22-13-17/h1-5,15,17-18H,6-14H2. The number of nitrogens with one attached hydrogen (secondary N) is 1. The van der Waals surface area contributed by atoms with Crippen molar-refractivity contribution in [1.82, 2.24) is 9.62 Å². The summed E-state index contributed by atoms with van der Waals surface area (Å²) >= 11 is 0. The van der Waals surface area contributed by atoms with Gasteiger partial charge in [0.05, 0.1) is 12.4 Å². The second-order valence-corrected chi connectivity index (χ2v) is 8.40. The molecule has 1 aromatic rings. The van der Waals surface area contributed by atoms with Crippen LogP contribution in [0, 0.1) is 5.92 Å². The van der Waals surface area contributed by atoms with Crippen LogP contribution in [0.2, 0.25) is 0 Å². The van der Waals surface area contributed by atoms with Gasteiger partial charge in [-0.2, -0.15) is 0 Å². The molecule has 2 aliphatic heterocycles. The summed E-state index contributed by atoms with van der Waals surface area (Å²) in [7, 11) is -3.25. The molecule has 5 nitrogen and oxygen atoms in total. The third-order valence-corrected chi connectivity index (χ3v) is 6.18. The molecule has 1 N–H and O–H groups in total. The maximum atomic E-state index is 12.2. The van der Waals surface area contributed by atoms with Gasteiger partial charge < -0.3 is 4.74 Å². The Morgan fingerprint density at radius 1 is 1.13 bits per heavy atom. The van der Waals surface area contributed by atoms with Crippen molar-refractivity contribution in [2.24, 2.45) is 5.92 Å². The maximum absolute atomic E-state index is 12.2. The zero-order valence-corrected chi connectivity index (χ0v) is 14.3. The smallest absolute Gasteiger partial charge is 0.215 e. The largest absolute Gasteiger partial charge is 0.380 e. The lowest BCUT2D eigenvalue weighted by molar-refractivity contribution is 0.111. The van der Waals surface area contributed by atoms with Gasteiger partial charge in [-0.1, -0.05) is 30.3 Å². The van der Waals surface area contributed by atoms with E-state index in [1.165, 1.54) is 0 Å². The van der Waals surface area contributed by atoms with E-state index in [1.807, 2.05) is 30.3 Å². The molecule has 0 aliphatic carbocycles. The van der Waals surface area contributed by atoms with Gasteiger partial charge in [-0.25, -0.2) is 13.1 Å². The highest BCUT2D eigenvalue weighted by atomic mass is 32.2. The third kappa shape index (κ3) is 5.01. The van der Waals surface area contributed by atoms with Crippen LogP contribution < -0.4 is 4.72 Å². The minimum absolute atomic E-state index is 0.0616. The highest BCUT2D eigenvalue weighted by Gasteiger charge is 2.28. The quantitative estimate of drug-likeness (QED) is 0.856. The van der Waals surface area contributed by atoms with Crippen LogP contribution in [-0.2, 0) is 20.5 Å². The summed E-state index contributed by atoms with van der Waals surface area (Å²) in [5, 5.41) is 0. The van der Waals surface area contributed by atoms with E-state index in [0.29, 0.717) is 18.5 Å². The zero-order chi connectivity index (χ0) is 16.1. The molecule has 1 atom stereocenters. The fourth-order valence-corrected chi connectivity index (χ4v) is 4.64. The molecule has 1 aromatic carbocycles. The molecule has 0 saturated carbocycles. The van der Waals surface area contributed by atoms with E-state index in [1.54, 1.807) is 0 Å². The Kier molecular flexibility index (Phi) is 5.69. The first kappa shape index (κ1) is 16.9. The molecule has 23 heavy (non-hydrogen) atoms. The Labute approximate surface area is 139 Å². The lowest BCUT2D eigenvalue weighted by atomic mass is 9.96. The third-order valence-electron chi connectivity index (χ3n) is 4.86.